The SMILES string of the molecule is CC(=O)OC[C@H]1O[C@H](C#CI)C=C[C@H]1OC(C)=O. The molecule has 1 aliphatic heterocycles. The van der Waals surface area contributed by atoms with E-state index in [1.54, 1.807) is 12.2 Å². The Hall–Kier alpha value is -1.07. The van der Waals surface area contributed by atoms with E-state index in [1.807, 2.05) is 22.6 Å². The molecule has 0 bridgehead atoms. The lowest BCUT2D eigenvalue weighted by molar-refractivity contribution is -0.161. The first-order valence-corrected chi connectivity index (χ1v) is 6.36. The number of hydrogen-bond acceptors (Lipinski definition) is 5. The molecule has 0 unspecified atom stereocenters. The van der Waals surface area contributed by atoms with E-state index < -0.39 is 24.1 Å². The van der Waals surface area contributed by atoms with E-state index >= 15 is 0 Å². The molecule has 1 rings (SSSR count). The van der Waals surface area contributed by atoms with Crippen molar-refractivity contribution in [2.75, 3.05) is 6.61 Å². The minimum Gasteiger partial charge on any atom is -0.463 e. The Bertz CT molecular complexity index is 406. The summed E-state index contributed by atoms with van der Waals surface area (Å²) in [6, 6.07) is 0. The maximum absolute atomic E-state index is 11.0. The van der Waals surface area contributed by atoms with Gasteiger partial charge in [0.1, 0.15) is 24.9 Å². The highest BCUT2D eigenvalue weighted by Crippen LogP contribution is 2.16. The van der Waals surface area contributed by atoms with Crippen molar-refractivity contribution in [2.24, 2.45) is 0 Å². The minimum absolute atomic E-state index is 0.0248. The van der Waals surface area contributed by atoms with Gasteiger partial charge in [0, 0.05) is 36.4 Å². The number of esters is 2. The maximum atomic E-state index is 11.0. The Morgan fingerprint density at radius 3 is 2.61 bits per heavy atom. The summed E-state index contributed by atoms with van der Waals surface area (Å²) in [6.45, 7) is 2.64. The molecule has 0 aliphatic carbocycles. The highest BCUT2D eigenvalue weighted by Gasteiger charge is 2.29. The van der Waals surface area contributed by atoms with Gasteiger partial charge in [0.15, 0.2) is 0 Å². The Morgan fingerprint density at radius 1 is 1.33 bits per heavy atom. The van der Waals surface area contributed by atoms with Gasteiger partial charge in [-0.3, -0.25) is 9.59 Å². The van der Waals surface area contributed by atoms with E-state index in [1.165, 1.54) is 13.8 Å². The molecule has 0 N–H and O–H groups in total. The zero-order chi connectivity index (χ0) is 13.5. The molecule has 0 radical (unpaired) electrons. The first-order valence-electron chi connectivity index (χ1n) is 5.28. The number of halogens is 1. The third-order valence-electron chi connectivity index (χ3n) is 2.11. The molecule has 6 heteroatoms. The smallest absolute Gasteiger partial charge is 0.303 e. The molecule has 0 aromatic carbocycles. The summed E-state index contributed by atoms with van der Waals surface area (Å²) < 4.78 is 18.2. The van der Waals surface area contributed by atoms with Gasteiger partial charge < -0.3 is 14.2 Å². The van der Waals surface area contributed by atoms with E-state index in [-0.39, 0.29) is 12.7 Å². The number of hydrogen-bond donors (Lipinski definition) is 0. The molecular formula is C12H13IO5. The van der Waals surface area contributed by atoms with Crippen molar-refractivity contribution >= 4 is 34.5 Å². The van der Waals surface area contributed by atoms with Crippen LogP contribution in [0.25, 0.3) is 0 Å². The Kier molecular flexibility index (Phi) is 6.15. The van der Waals surface area contributed by atoms with Gasteiger partial charge in [0.05, 0.1) is 0 Å². The molecule has 5 nitrogen and oxygen atoms in total. The fourth-order valence-electron chi connectivity index (χ4n) is 1.42. The van der Waals surface area contributed by atoms with Gasteiger partial charge in [-0.1, -0.05) is 5.92 Å². The predicted octanol–water partition coefficient (Wildman–Crippen LogP) is 1.20. The van der Waals surface area contributed by atoms with Crippen LogP contribution in [-0.2, 0) is 23.8 Å². The normalized spacial score (nSPS) is 25.8. The molecule has 0 spiro atoms. The molecule has 18 heavy (non-hydrogen) atoms. The maximum Gasteiger partial charge on any atom is 0.303 e. The van der Waals surface area contributed by atoms with Crippen LogP contribution in [0.3, 0.4) is 0 Å². The molecular weight excluding hydrogens is 351 g/mol. The summed E-state index contributed by atoms with van der Waals surface area (Å²) in [5, 5.41) is 0. The molecule has 0 saturated carbocycles. The average molecular weight is 364 g/mol. The second-order valence-electron chi connectivity index (χ2n) is 3.60. The number of carbonyl (C=O) groups is 2. The van der Waals surface area contributed by atoms with Crippen molar-refractivity contribution in [1.82, 2.24) is 0 Å². The van der Waals surface area contributed by atoms with Gasteiger partial charge in [-0.05, 0) is 16.1 Å². The Morgan fingerprint density at radius 2 is 2.06 bits per heavy atom. The lowest BCUT2D eigenvalue weighted by Gasteiger charge is -2.29. The quantitative estimate of drug-likeness (QED) is 0.326. The average Bonchev–Trinajstić information content (AvgIpc) is 2.28. The zero-order valence-electron chi connectivity index (χ0n) is 10.0. The van der Waals surface area contributed by atoms with Gasteiger partial charge in [-0.15, -0.1) is 0 Å². The van der Waals surface area contributed by atoms with Crippen LogP contribution >= 0.6 is 22.6 Å². The summed E-state index contributed by atoms with van der Waals surface area (Å²) in [4.78, 5) is 21.7. The molecule has 0 saturated heterocycles. The fraction of sp³-hybridized carbons (Fsp3) is 0.500. The van der Waals surface area contributed by atoms with Gasteiger partial charge in [0.2, 0.25) is 0 Å². The molecule has 0 fully saturated rings. The van der Waals surface area contributed by atoms with Crippen LogP contribution in [-0.4, -0.2) is 36.9 Å². The fourth-order valence-corrected chi connectivity index (χ4v) is 1.73. The first kappa shape index (κ1) is 15.0. The molecule has 1 aliphatic rings. The molecule has 0 aromatic rings. The summed E-state index contributed by atoms with van der Waals surface area (Å²) in [7, 11) is 0. The molecule has 3 atom stereocenters. The van der Waals surface area contributed by atoms with E-state index in [9.17, 15) is 9.59 Å². The van der Waals surface area contributed by atoms with Crippen molar-refractivity contribution < 1.29 is 23.8 Å². The molecule has 0 aromatic heterocycles. The lowest BCUT2D eigenvalue weighted by atomic mass is 10.1. The van der Waals surface area contributed by atoms with Crippen LogP contribution in [0.2, 0.25) is 0 Å². The standard InChI is InChI=1S/C12H13IO5/c1-8(14)16-7-12-11(17-9(2)15)4-3-10(18-12)5-6-13/h3-4,10-12H,7H2,1-2H3/t10-,11+,12+/m0/s1. The van der Waals surface area contributed by atoms with E-state index in [0.29, 0.717) is 0 Å². The van der Waals surface area contributed by atoms with Crippen molar-refractivity contribution in [1.29, 1.82) is 0 Å². The highest BCUT2D eigenvalue weighted by molar-refractivity contribution is 14.1. The third kappa shape index (κ3) is 5.06. The largest absolute Gasteiger partial charge is 0.463 e. The predicted molar refractivity (Wildman–Crippen MR) is 71.8 cm³/mol. The summed E-state index contributed by atoms with van der Waals surface area (Å²) >= 11 is 1.91. The van der Waals surface area contributed by atoms with Gasteiger partial charge in [-0.2, -0.15) is 0 Å². The van der Waals surface area contributed by atoms with Gasteiger partial charge in [-0.25, -0.2) is 0 Å². The van der Waals surface area contributed by atoms with Crippen LogP contribution in [0.1, 0.15) is 13.8 Å². The monoisotopic (exact) mass is 364 g/mol. The second-order valence-corrected chi connectivity index (χ2v) is 4.13. The Balaban J connectivity index is 2.70. The molecule has 0 amide bonds. The van der Waals surface area contributed by atoms with Crippen LogP contribution in [0.15, 0.2) is 12.2 Å². The van der Waals surface area contributed by atoms with Crippen LogP contribution < -0.4 is 0 Å². The lowest BCUT2D eigenvalue weighted by Crippen LogP contribution is -2.41. The van der Waals surface area contributed by atoms with Crippen LogP contribution in [0.5, 0.6) is 0 Å². The topological polar surface area (TPSA) is 61.8 Å². The Labute approximate surface area is 119 Å². The van der Waals surface area contributed by atoms with Crippen molar-refractivity contribution in [3.63, 3.8) is 0 Å². The molecule has 98 valence electrons. The number of carbonyl (C=O) groups excluding carboxylic acids is 2. The molecule has 1 heterocycles. The third-order valence-corrected chi connectivity index (χ3v) is 2.42. The number of rotatable bonds is 3. The van der Waals surface area contributed by atoms with E-state index in [2.05, 4.69) is 9.85 Å². The van der Waals surface area contributed by atoms with Gasteiger partial charge in [0.25, 0.3) is 0 Å². The zero-order valence-corrected chi connectivity index (χ0v) is 12.2. The highest BCUT2D eigenvalue weighted by atomic mass is 127. The van der Waals surface area contributed by atoms with Crippen LogP contribution in [0, 0.1) is 9.85 Å². The van der Waals surface area contributed by atoms with Crippen molar-refractivity contribution in [2.45, 2.75) is 32.2 Å². The van der Waals surface area contributed by atoms with E-state index in [0.717, 1.165) is 0 Å². The summed E-state index contributed by atoms with van der Waals surface area (Å²) in [6.07, 6.45) is 1.93. The first-order chi connectivity index (χ1) is 8.52. The van der Waals surface area contributed by atoms with Crippen LogP contribution in [0.4, 0.5) is 0 Å². The summed E-state index contributed by atoms with van der Waals surface area (Å²) in [5.74, 6) is 1.99. The van der Waals surface area contributed by atoms with E-state index in [4.69, 9.17) is 14.2 Å². The van der Waals surface area contributed by atoms with Gasteiger partial charge >= 0.3 is 11.9 Å². The minimum atomic E-state index is -0.561. The number of ether oxygens (including phenoxy) is 3. The second kappa shape index (κ2) is 7.38. The summed E-state index contributed by atoms with van der Waals surface area (Å²) in [5.41, 5.74) is 0. The van der Waals surface area contributed by atoms with Crippen molar-refractivity contribution in [3.8, 4) is 9.85 Å². The van der Waals surface area contributed by atoms with Crippen molar-refractivity contribution in [3.05, 3.63) is 12.2 Å².